The van der Waals surface area contributed by atoms with E-state index in [-0.39, 0.29) is 18.5 Å². The highest BCUT2D eigenvalue weighted by Gasteiger charge is 2.31. The smallest absolute Gasteiger partial charge is 0.244 e. The molecule has 3 rings (SSSR count). The molecular formula is C26H33BrClN3O4S. The van der Waals surface area contributed by atoms with E-state index in [1.54, 1.807) is 26.0 Å². The Kier molecular flexibility index (Phi) is 9.83. The Labute approximate surface area is 227 Å². The zero-order valence-corrected chi connectivity index (χ0v) is 24.0. The Hall–Kier alpha value is -2.10. The van der Waals surface area contributed by atoms with Gasteiger partial charge >= 0.3 is 0 Å². The van der Waals surface area contributed by atoms with E-state index in [2.05, 4.69) is 21.2 Å². The van der Waals surface area contributed by atoms with E-state index < -0.39 is 28.5 Å². The lowest BCUT2D eigenvalue weighted by molar-refractivity contribution is -0.139. The van der Waals surface area contributed by atoms with Gasteiger partial charge in [-0.3, -0.25) is 13.9 Å². The van der Waals surface area contributed by atoms with Gasteiger partial charge in [0.15, 0.2) is 0 Å². The van der Waals surface area contributed by atoms with Gasteiger partial charge in [-0.2, -0.15) is 0 Å². The number of hydrogen-bond acceptors (Lipinski definition) is 4. The molecule has 1 aliphatic carbocycles. The summed E-state index contributed by atoms with van der Waals surface area (Å²) >= 11 is 9.59. The van der Waals surface area contributed by atoms with E-state index in [0.717, 1.165) is 46.3 Å². The molecule has 0 aromatic heterocycles. The van der Waals surface area contributed by atoms with Crippen molar-refractivity contribution in [3.63, 3.8) is 0 Å². The lowest BCUT2D eigenvalue weighted by Gasteiger charge is -2.33. The van der Waals surface area contributed by atoms with Crippen LogP contribution >= 0.6 is 27.5 Å². The maximum absolute atomic E-state index is 13.7. The first-order valence-electron chi connectivity index (χ1n) is 12.0. The summed E-state index contributed by atoms with van der Waals surface area (Å²) in [7, 11) is -3.81. The van der Waals surface area contributed by atoms with Crippen LogP contribution in [-0.2, 0) is 26.2 Å². The first kappa shape index (κ1) is 28.5. The van der Waals surface area contributed by atoms with Crippen molar-refractivity contribution in [2.24, 2.45) is 0 Å². The first-order valence-corrected chi connectivity index (χ1v) is 15.1. The zero-order chi connectivity index (χ0) is 26.5. The molecule has 1 aliphatic rings. The fraction of sp³-hybridized carbons (Fsp3) is 0.462. The van der Waals surface area contributed by atoms with Crippen LogP contribution in [0.4, 0.5) is 5.69 Å². The van der Waals surface area contributed by atoms with Crippen molar-refractivity contribution in [2.45, 2.75) is 64.6 Å². The molecule has 0 saturated heterocycles. The van der Waals surface area contributed by atoms with Crippen molar-refractivity contribution in [3.05, 3.63) is 63.1 Å². The van der Waals surface area contributed by atoms with Gasteiger partial charge in [0.2, 0.25) is 21.8 Å². The van der Waals surface area contributed by atoms with E-state index >= 15 is 0 Å². The molecule has 196 valence electrons. The maximum atomic E-state index is 13.7. The molecule has 0 spiro atoms. The number of benzene rings is 2. The number of carbonyl (C=O) groups excluding carboxylic acids is 2. The third-order valence-corrected chi connectivity index (χ3v) is 8.33. The predicted octanol–water partition coefficient (Wildman–Crippen LogP) is 5.04. The molecule has 2 aromatic carbocycles. The molecule has 36 heavy (non-hydrogen) atoms. The SMILES string of the molecule is Cc1ccc(Cl)cc1N(CC(=O)N(Cc1cccc(Br)c1)C(C)C(=O)NC1CCCCC1)S(C)(=O)=O. The Morgan fingerprint density at radius 2 is 1.83 bits per heavy atom. The highest BCUT2D eigenvalue weighted by Crippen LogP contribution is 2.27. The molecule has 1 atom stereocenters. The third kappa shape index (κ3) is 7.70. The lowest BCUT2D eigenvalue weighted by Crippen LogP contribution is -2.53. The molecule has 1 N–H and O–H groups in total. The van der Waals surface area contributed by atoms with Crippen molar-refractivity contribution in [1.82, 2.24) is 10.2 Å². The summed E-state index contributed by atoms with van der Waals surface area (Å²) in [6.45, 7) is 3.15. The van der Waals surface area contributed by atoms with Crippen LogP contribution in [0.25, 0.3) is 0 Å². The quantitative estimate of drug-likeness (QED) is 0.438. The molecule has 1 unspecified atom stereocenters. The van der Waals surface area contributed by atoms with E-state index in [9.17, 15) is 18.0 Å². The Balaban J connectivity index is 1.90. The minimum absolute atomic E-state index is 0.0955. The van der Waals surface area contributed by atoms with Crippen LogP contribution in [0.2, 0.25) is 5.02 Å². The van der Waals surface area contributed by atoms with Gasteiger partial charge < -0.3 is 10.2 Å². The van der Waals surface area contributed by atoms with Crippen molar-refractivity contribution in [3.8, 4) is 0 Å². The summed E-state index contributed by atoms with van der Waals surface area (Å²) < 4.78 is 27.4. The molecular weight excluding hydrogens is 566 g/mol. The summed E-state index contributed by atoms with van der Waals surface area (Å²) in [6, 6.07) is 11.7. The second-order valence-electron chi connectivity index (χ2n) is 9.37. The molecule has 2 aromatic rings. The van der Waals surface area contributed by atoms with Crippen molar-refractivity contribution in [2.75, 3.05) is 17.1 Å². The number of anilines is 1. The van der Waals surface area contributed by atoms with Crippen LogP contribution in [0.15, 0.2) is 46.9 Å². The Bertz CT molecular complexity index is 1200. The van der Waals surface area contributed by atoms with E-state index in [0.29, 0.717) is 16.3 Å². The van der Waals surface area contributed by atoms with E-state index in [1.165, 1.54) is 17.4 Å². The number of aryl methyl sites for hydroxylation is 1. The van der Waals surface area contributed by atoms with Crippen molar-refractivity contribution < 1.29 is 18.0 Å². The minimum atomic E-state index is -3.81. The van der Waals surface area contributed by atoms with E-state index in [1.807, 2.05) is 24.3 Å². The number of sulfonamides is 1. The predicted molar refractivity (Wildman–Crippen MR) is 148 cm³/mol. The minimum Gasteiger partial charge on any atom is -0.352 e. The number of amides is 2. The molecule has 1 fully saturated rings. The topological polar surface area (TPSA) is 86.8 Å². The average molecular weight is 599 g/mol. The molecule has 0 bridgehead atoms. The van der Waals surface area contributed by atoms with Gasteiger partial charge in [0.05, 0.1) is 11.9 Å². The molecule has 0 radical (unpaired) electrons. The maximum Gasteiger partial charge on any atom is 0.244 e. The number of nitrogens with one attached hydrogen (secondary N) is 1. The molecule has 0 heterocycles. The summed E-state index contributed by atoms with van der Waals surface area (Å²) in [6.07, 6.45) is 6.21. The number of nitrogens with zero attached hydrogens (tertiary/aromatic N) is 2. The second-order valence-corrected chi connectivity index (χ2v) is 12.6. The molecule has 1 saturated carbocycles. The van der Waals surface area contributed by atoms with Gasteiger partial charge in [0, 0.05) is 22.1 Å². The largest absolute Gasteiger partial charge is 0.352 e. The normalized spacial score (nSPS) is 15.2. The van der Waals surface area contributed by atoms with Crippen LogP contribution in [0.1, 0.15) is 50.2 Å². The third-order valence-electron chi connectivity index (χ3n) is 6.48. The number of carbonyl (C=O) groups is 2. The van der Waals surface area contributed by atoms with Gasteiger partial charge in [-0.1, -0.05) is 65.0 Å². The zero-order valence-electron chi connectivity index (χ0n) is 20.8. The van der Waals surface area contributed by atoms with Gasteiger partial charge in [-0.25, -0.2) is 8.42 Å². The molecule has 0 aliphatic heterocycles. The summed E-state index contributed by atoms with van der Waals surface area (Å²) in [5.74, 6) is -0.721. The highest BCUT2D eigenvalue weighted by atomic mass is 79.9. The van der Waals surface area contributed by atoms with E-state index in [4.69, 9.17) is 11.6 Å². The molecule has 2 amide bonds. The van der Waals surface area contributed by atoms with Crippen LogP contribution in [-0.4, -0.2) is 50.0 Å². The molecule has 10 heteroatoms. The van der Waals surface area contributed by atoms with Gasteiger partial charge in [-0.05, 0) is 62.1 Å². The monoisotopic (exact) mass is 597 g/mol. The van der Waals surface area contributed by atoms with Crippen molar-refractivity contribution in [1.29, 1.82) is 0 Å². The second kappa shape index (κ2) is 12.4. The van der Waals surface area contributed by atoms with Crippen molar-refractivity contribution >= 4 is 55.1 Å². The first-order chi connectivity index (χ1) is 17.0. The number of hydrogen-bond donors (Lipinski definition) is 1. The van der Waals surface area contributed by atoms with Gasteiger partial charge in [0.25, 0.3) is 0 Å². The average Bonchev–Trinajstić information content (AvgIpc) is 2.82. The summed E-state index contributed by atoms with van der Waals surface area (Å²) in [4.78, 5) is 28.3. The lowest BCUT2D eigenvalue weighted by atomic mass is 9.95. The van der Waals surface area contributed by atoms with Gasteiger partial charge in [-0.15, -0.1) is 0 Å². The van der Waals surface area contributed by atoms with Crippen LogP contribution in [0.3, 0.4) is 0 Å². The van der Waals surface area contributed by atoms with Crippen LogP contribution in [0.5, 0.6) is 0 Å². The standard InChI is InChI=1S/C26H33BrClN3O4S/c1-18-12-13-22(28)15-24(18)31(36(3,34)35)17-25(32)30(16-20-8-7-9-21(27)14-20)19(2)26(33)29-23-10-5-4-6-11-23/h7-9,12-15,19,23H,4-6,10-11,16-17H2,1-3H3,(H,29,33). The summed E-state index contributed by atoms with van der Waals surface area (Å²) in [5, 5.41) is 3.46. The highest BCUT2D eigenvalue weighted by molar-refractivity contribution is 9.10. The number of rotatable bonds is 9. The van der Waals surface area contributed by atoms with Crippen LogP contribution in [0, 0.1) is 6.92 Å². The Morgan fingerprint density at radius 3 is 2.47 bits per heavy atom. The Morgan fingerprint density at radius 1 is 1.14 bits per heavy atom. The fourth-order valence-corrected chi connectivity index (χ4v) is 5.94. The number of halogens is 2. The van der Waals surface area contributed by atoms with Gasteiger partial charge in [0.1, 0.15) is 12.6 Å². The molecule has 7 nitrogen and oxygen atoms in total. The fourth-order valence-electron chi connectivity index (χ4n) is 4.43. The van der Waals surface area contributed by atoms with Crippen LogP contribution < -0.4 is 9.62 Å². The summed E-state index contributed by atoms with van der Waals surface area (Å²) in [5.41, 5.74) is 1.82.